The molecular weight excluding hydrogens is 332 g/mol. The number of pyridine rings is 1. The number of hydrogen-bond acceptors (Lipinski definition) is 3. The molecule has 0 aliphatic carbocycles. The van der Waals surface area contributed by atoms with Crippen LogP contribution in [0.4, 0.5) is 0 Å². The number of carboxylic acids is 1. The molecule has 0 aliphatic rings. The fourth-order valence-electron chi connectivity index (χ4n) is 3.11. The Morgan fingerprint density at radius 1 is 1.04 bits per heavy atom. The van der Waals surface area contributed by atoms with Crippen LogP contribution in [0, 0.1) is 5.92 Å². The molecule has 1 unspecified atom stereocenters. The second-order valence-electron chi connectivity index (χ2n) is 6.46. The predicted octanol–water partition coefficient (Wildman–Crippen LogP) is 2.38. The lowest BCUT2D eigenvalue weighted by molar-refractivity contribution is -0.138. The number of nitrogens with zero attached hydrogens (tertiary/aromatic N) is 1. The summed E-state index contributed by atoms with van der Waals surface area (Å²) in [7, 11) is 0. The van der Waals surface area contributed by atoms with E-state index in [-0.39, 0.29) is 30.2 Å². The second-order valence-corrected chi connectivity index (χ2v) is 6.46. The highest BCUT2D eigenvalue weighted by molar-refractivity contribution is 5.94. The number of aromatic nitrogens is 1. The summed E-state index contributed by atoms with van der Waals surface area (Å²) < 4.78 is 1.82. The topological polar surface area (TPSA) is 88.4 Å². The van der Waals surface area contributed by atoms with Crippen LogP contribution in [-0.2, 0) is 16.1 Å². The molecule has 1 heterocycles. The third-order valence-electron chi connectivity index (χ3n) is 4.35. The lowest BCUT2D eigenvalue weighted by Crippen LogP contribution is -2.32. The van der Waals surface area contributed by atoms with Crippen LogP contribution in [0.5, 0.6) is 0 Å². The Morgan fingerprint density at radius 2 is 1.58 bits per heavy atom. The minimum absolute atomic E-state index is 0.00413. The number of rotatable bonds is 6. The molecule has 6 nitrogen and oxygen atoms in total. The molecule has 2 aromatic carbocycles. The number of benzene rings is 2. The van der Waals surface area contributed by atoms with E-state index in [1.165, 1.54) is 0 Å². The molecule has 0 fully saturated rings. The highest BCUT2D eigenvalue weighted by Crippen LogP contribution is 2.18. The molecule has 0 radical (unpaired) electrons. The van der Waals surface area contributed by atoms with Crippen molar-refractivity contribution >= 4 is 33.7 Å². The summed E-state index contributed by atoms with van der Waals surface area (Å²) in [4.78, 5) is 35.8. The molecule has 134 valence electrons. The fraction of sp³-hybridized carbons (Fsp3) is 0.250. The molecule has 1 amide bonds. The van der Waals surface area contributed by atoms with Crippen LogP contribution in [-0.4, -0.2) is 28.1 Å². The first-order valence-corrected chi connectivity index (χ1v) is 8.46. The summed E-state index contributed by atoms with van der Waals surface area (Å²) in [6.45, 7) is 2.13. The summed E-state index contributed by atoms with van der Waals surface area (Å²) in [6.07, 6.45) is 0.00413. The van der Waals surface area contributed by atoms with Gasteiger partial charge in [-0.1, -0.05) is 31.2 Å². The van der Waals surface area contributed by atoms with Crippen molar-refractivity contribution in [3.63, 3.8) is 0 Å². The number of aliphatic carboxylic acids is 1. The largest absolute Gasteiger partial charge is 0.481 e. The van der Waals surface area contributed by atoms with Crippen LogP contribution in [0.1, 0.15) is 13.3 Å². The van der Waals surface area contributed by atoms with E-state index < -0.39 is 5.97 Å². The highest BCUT2D eigenvalue weighted by atomic mass is 16.4. The average molecular weight is 352 g/mol. The molecule has 1 aromatic heterocycles. The Labute approximate surface area is 150 Å². The summed E-state index contributed by atoms with van der Waals surface area (Å²) in [5.74, 6) is -1.26. The van der Waals surface area contributed by atoms with E-state index in [0.717, 1.165) is 0 Å². The maximum absolute atomic E-state index is 12.7. The number of carbonyl (C=O) groups is 2. The lowest BCUT2D eigenvalue weighted by atomic mass is 10.1. The van der Waals surface area contributed by atoms with E-state index in [4.69, 9.17) is 5.11 Å². The quantitative estimate of drug-likeness (QED) is 0.667. The predicted molar refractivity (Wildman–Crippen MR) is 100 cm³/mol. The second kappa shape index (κ2) is 7.39. The van der Waals surface area contributed by atoms with Crippen LogP contribution in [0.25, 0.3) is 21.8 Å². The molecule has 0 bridgehead atoms. The Kier molecular flexibility index (Phi) is 5.02. The van der Waals surface area contributed by atoms with Crippen molar-refractivity contribution in [3.05, 3.63) is 58.8 Å². The molecule has 0 spiro atoms. The van der Waals surface area contributed by atoms with E-state index in [0.29, 0.717) is 28.4 Å². The van der Waals surface area contributed by atoms with E-state index in [1.807, 2.05) is 28.8 Å². The summed E-state index contributed by atoms with van der Waals surface area (Å²) in [6, 6.07) is 14.4. The SMILES string of the molecule is CC(CNC(=O)Cn1c2ccccc2c(=O)c2ccccc21)CC(=O)O. The Balaban J connectivity index is 1.94. The van der Waals surface area contributed by atoms with E-state index in [9.17, 15) is 14.4 Å². The van der Waals surface area contributed by atoms with E-state index in [1.54, 1.807) is 31.2 Å². The summed E-state index contributed by atoms with van der Waals surface area (Å²) in [5.41, 5.74) is 1.35. The normalized spacial score (nSPS) is 12.2. The summed E-state index contributed by atoms with van der Waals surface area (Å²) in [5, 5.41) is 12.7. The standard InChI is InChI=1S/C20H20N2O4/c1-13(10-19(24)25)11-21-18(23)12-22-16-8-4-2-6-14(16)20(26)15-7-3-5-9-17(15)22/h2-9,13H,10-12H2,1H3,(H,21,23)(H,24,25). The van der Waals surface area contributed by atoms with Gasteiger partial charge in [0.25, 0.3) is 0 Å². The van der Waals surface area contributed by atoms with Crippen molar-refractivity contribution in [1.29, 1.82) is 0 Å². The van der Waals surface area contributed by atoms with Gasteiger partial charge in [0, 0.05) is 23.7 Å². The third kappa shape index (κ3) is 3.59. The Bertz CT molecular complexity index is 979. The van der Waals surface area contributed by atoms with Crippen molar-refractivity contribution in [2.24, 2.45) is 5.92 Å². The van der Waals surface area contributed by atoms with Crippen molar-refractivity contribution in [2.45, 2.75) is 19.9 Å². The number of carboxylic acid groups (broad SMARTS) is 1. The molecular formula is C20H20N2O4. The minimum Gasteiger partial charge on any atom is -0.481 e. The van der Waals surface area contributed by atoms with Gasteiger partial charge >= 0.3 is 5.97 Å². The summed E-state index contributed by atoms with van der Waals surface area (Å²) >= 11 is 0. The zero-order valence-electron chi connectivity index (χ0n) is 14.4. The average Bonchev–Trinajstić information content (AvgIpc) is 2.63. The first-order chi connectivity index (χ1) is 12.5. The van der Waals surface area contributed by atoms with Crippen LogP contribution in [0.2, 0.25) is 0 Å². The molecule has 6 heteroatoms. The van der Waals surface area contributed by atoms with Gasteiger partial charge in [-0.15, -0.1) is 0 Å². The van der Waals surface area contributed by atoms with Gasteiger partial charge in [0.1, 0.15) is 6.54 Å². The number of carbonyl (C=O) groups excluding carboxylic acids is 1. The van der Waals surface area contributed by atoms with Crippen molar-refractivity contribution in [2.75, 3.05) is 6.54 Å². The van der Waals surface area contributed by atoms with Crippen molar-refractivity contribution in [3.8, 4) is 0 Å². The van der Waals surface area contributed by atoms with Gasteiger partial charge in [0.05, 0.1) is 11.0 Å². The van der Waals surface area contributed by atoms with Gasteiger partial charge in [-0.25, -0.2) is 0 Å². The maximum atomic E-state index is 12.7. The fourth-order valence-corrected chi connectivity index (χ4v) is 3.11. The zero-order valence-corrected chi connectivity index (χ0v) is 14.4. The Hall–Kier alpha value is -3.15. The zero-order chi connectivity index (χ0) is 18.7. The maximum Gasteiger partial charge on any atom is 0.303 e. The molecule has 26 heavy (non-hydrogen) atoms. The van der Waals surface area contributed by atoms with Gasteiger partial charge in [0.2, 0.25) is 5.91 Å². The van der Waals surface area contributed by atoms with Crippen LogP contribution < -0.4 is 10.7 Å². The van der Waals surface area contributed by atoms with Gasteiger partial charge in [-0.05, 0) is 30.2 Å². The van der Waals surface area contributed by atoms with Gasteiger partial charge < -0.3 is 15.0 Å². The number of hydrogen-bond donors (Lipinski definition) is 2. The first-order valence-electron chi connectivity index (χ1n) is 8.46. The molecule has 0 aliphatic heterocycles. The Morgan fingerprint density at radius 3 is 2.12 bits per heavy atom. The van der Waals surface area contributed by atoms with E-state index >= 15 is 0 Å². The van der Waals surface area contributed by atoms with E-state index in [2.05, 4.69) is 5.32 Å². The number of nitrogens with one attached hydrogen (secondary N) is 1. The van der Waals surface area contributed by atoms with Crippen LogP contribution >= 0.6 is 0 Å². The molecule has 1 atom stereocenters. The molecule has 3 rings (SSSR count). The number of amides is 1. The molecule has 0 saturated carbocycles. The molecule has 2 N–H and O–H groups in total. The van der Waals surface area contributed by atoms with Crippen LogP contribution in [0.15, 0.2) is 53.3 Å². The first kappa shape index (κ1) is 17.7. The monoisotopic (exact) mass is 352 g/mol. The minimum atomic E-state index is -0.885. The third-order valence-corrected chi connectivity index (χ3v) is 4.35. The number of para-hydroxylation sites is 2. The van der Waals surface area contributed by atoms with Gasteiger partial charge in [0.15, 0.2) is 5.43 Å². The van der Waals surface area contributed by atoms with Gasteiger partial charge in [-0.2, -0.15) is 0 Å². The molecule has 0 saturated heterocycles. The number of fused-ring (bicyclic) bond motifs is 2. The smallest absolute Gasteiger partial charge is 0.303 e. The van der Waals surface area contributed by atoms with Gasteiger partial charge in [-0.3, -0.25) is 14.4 Å². The van der Waals surface area contributed by atoms with Crippen LogP contribution in [0.3, 0.4) is 0 Å². The lowest BCUT2D eigenvalue weighted by Gasteiger charge is -2.16. The molecule has 3 aromatic rings. The highest BCUT2D eigenvalue weighted by Gasteiger charge is 2.14. The van der Waals surface area contributed by atoms with Crippen molar-refractivity contribution < 1.29 is 14.7 Å². The van der Waals surface area contributed by atoms with Crippen molar-refractivity contribution in [1.82, 2.24) is 9.88 Å².